The minimum atomic E-state index is -3.38. The second-order valence-electron chi connectivity index (χ2n) is 4.47. The van der Waals surface area contributed by atoms with Gasteiger partial charge in [0.2, 0.25) is 0 Å². The molecule has 0 aliphatic rings. The van der Waals surface area contributed by atoms with Crippen LogP contribution in [0.25, 0.3) is 0 Å². The first-order valence-electron chi connectivity index (χ1n) is 6.20. The molecular weight excluding hydrogens is 274 g/mol. The van der Waals surface area contributed by atoms with E-state index >= 15 is 0 Å². The molecular formula is C15H17NO3S. The maximum absolute atomic E-state index is 12.2. The van der Waals surface area contributed by atoms with E-state index in [1.54, 1.807) is 61.7 Å². The normalized spacial score (nSPS) is 12.9. The first-order valence-corrected chi connectivity index (χ1v) is 7.85. The molecule has 0 saturated heterocycles. The summed E-state index contributed by atoms with van der Waals surface area (Å²) in [6.07, 6.45) is 0. The van der Waals surface area contributed by atoms with Crippen LogP contribution in [0.2, 0.25) is 0 Å². The fourth-order valence-corrected chi connectivity index (χ4v) is 3.34. The zero-order chi connectivity index (χ0) is 14.6. The molecule has 1 unspecified atom stereocenters. The summed E-state index contributed by atoms with van der Waals surface area (Å²) in [5.74, 6) is 0.593. The summed E-state index contributed by atoms with van der Waals surface area (Å²) in [4.78, 5) is 0.295. The number of hydrogen-bond acceptors (Lipinski definition) is 4. The largest absolute Gasteiger partial charge is 0.497 e. The lowest BCUT2D eigenvalue weighted by Gasteiger charge is -2.13. The predicted molar refractivity (Wildman–Crippen MR) is 78.4 cm³/mol. The van der Waals surface area contributed by atoms with Crippen molar-refractivity contribution < 1.29 is 13.2 Å². The van der Waals surface area contributed by atoms with Gasteiger partial charge in [0, 0.05) is 6.04 Å². The molecule has 0 amide bonds. The Morgan fingerprint density at radius 1 is 1.05 bits per heavy atom. The van der Waals surface area contributed by atoms with Gasteiger partial charge < -0.3 is 10.5 Å². The van der Waals surface area contributed by atoms with Crippen molar-refractivity contribution in [2.24, 2.45) is 5.73 Å². The van der Waals surface area contributed by atoms with Crippen LogP contribution in [0.4, 0.5) is 0 Å². The SMILES string of the molecule is COc1ccc(C(N)CS(=O)(=O)c2ccccc2)cc1. The Morgan fingerprint density at radius 2 is 1.65 bits per heavy atom. The fourth-order valence-electron chi connectivity index (χ4n) is 1.91. The highest BCUT2D eigenvalue weighted by Crippen LogP contribution is 2.20. The molecule has 0 aliphatic carbocycles. The summed E-state index contributed by atoms with van der Waals surface area (Å²) in [5.41, 5.74) is 6.76. The van der Waals surface area contributed by atoms with Crippen LogP contribution < -0.4 is 10.5 Å². The molecule has 2 rings (SSSR count). The molecule has 0 aliphatic heterocycles. The minimum Gasteiger partial charge on any atom is -0.497 e. The molecule has 106 valence electrons. The average Bonchev–Trinajstić information content (AvgIpc) is 2.48. The third-order valence-electron chi connectivity index (χ3n) is 3.05. The molecule has 4 nitrogen and oxygen atoms in total. The lowest BCUT2D eigenvalue weighted by Crippen LogP contribution is -2.21. The summed E-state index contributed by atoms with van der Waals surface area (Å²) in [7, 11) is -1.80. The third-order valence-corrected chi connectivity index (χ3v) is 4.83. The van der Waals surface area contributed by atoms with Crippen molar-refractivity contribution in [3.8, 4) is 5.75 Å². The Bertz CT molecular complexity index is 651. The van der Waals surface area contributed by atoms with Crippen LogP contribution in [0.3, 0.4) is 0 Å². The average molecular weight is 291 g/mol. The van der Waals surface area contributed by atoms with Crippen molar-refractivity contribution in [3.05, 3.63) is 60.2 Å². The number of hydrogen-bond donors (Lipinski definition) is 1. The van der Waals surface area contributed by atoms with Crippen LogP contribution in [-0.2, 0) is 9.84 Å². The molecule has 5 heteroatoms. The van der Waals surface area contributed by atoms with Crippen LogP contribution in [0.1, 0.15) is 11.6 Å². The van der Waals surface area contributed by atoms with Gasteiger partial charge >= 0.3 is 0 Å². The fraction of sp³-hybridized carbons (Fsp3) is 0.200. The second-order valence-corrected chi connectivity index (χ2v) is 6.51. The van der Waals surface area contributed by atoms with E-state index in [-0.39, 0.29) is 5.75 Å². The van der Waals surface area contributed by atoms with E-state index in [1.807, 2.05) is 0 Å². The highest BCUT2D eigenvalue weighted by molar-refractivity contribution is 7.91. The highest BCUT2D eigenvalue weighted by atomic mass is 32.2. The standard InChI is InChI=1S/C15H17NO3S/c1-19-13-9-7-12(8-10-13)15(16)11-20(17,18)14-5-3-2-4-6-14/h2-10,15H,11,16H2,1H3. The smallest absolute Gasteiger partial charge is 0.180 e. The molecule has 2 N–H and O–H groups in total. The van der Waals surface area contributed by atoms with Gasteiger partial charge in [-0.15, -0.1) is 0 Å². The lowest BCUT2D eigenvalue weighted by molar-refractivity contribution is 0.414. The third kappa shape index (κ3) is 3.37. The molecule has 2 aromatic rings. The van der Waals surface area contributed by atoms with Gasteiger partial charge in [-0.2, -0.15) is 0 Å². The van der Waals surface area contributed by atoms with Gasteiger partial charge in [-0.25, -0.2) is 8.42 Å². The number of ether oxygens (including phenoxy) is 1. The number of sulfone groups is 1. The van der Waals surface area contributed by atoms with Crippen LogP contribution in [0.5, 0.6) is 5.75 Å². The van der Waals surface area contributed by atoms with Gasteiger partial charge in [-0.3, -0.25) is 0 Å². The maximum Gasteiger partial charge on any atom is 0.180 e. The molecule has 0 spiro atoms. The quantitative estimate of drug-likeness (QED) is 0.916. The summed E-state index contributed by atoms with van der Waals surface area (Å²) in [6.45, 7) is 0. The topological polar surface area (TPSA) is 69.4 Å². The van der Waals surface area contributed by atoms with Crippen molar-refractivity contribution >= 4 is 9.84 Å². The molecule has 0 bridgehead atoms. The Balaban J connectivity index is 2.16. The summed E-state index contributed by atoms with van der Waals surface area (Å²) >= 11 is 0. The van der Waals surface area contributed by atoms with E-state index in [0.717, 1.165) is 5.56 Å². The van der Waals surface area contributed by atoms with Crippen molar-refractivity contribution in [1.29, 1.82) is 0 Å². The number of benzene rings is 2. The molecule has 0 fully saturated rings. The van der Waals surface area contributed by atoms with Gasteiger partial charge in [0.05, 0.1) is 17.8 Å². The first-order chi connectivity index (χ1) is 9.53. The minimum absolute atomic E-state index is 0.122. The molecule has 20 heavy (non-hydrogen) atoms. The van der Waals surface area contributed by atoms with Gasteiger partial charge in [-0.05, 0) is 29.8 Å². The highest BCUT2D eigenvalue weighted by Gasteiger charge is 2.19. The predicted octanol–water partition coefficient (Wildman–Crippen LogP) is 2.17. The molecule has 2 aromatic carbocycles. The van der Waals surface area contributed by atoms with E-state index in [4.69, 9.17) is 10.5 Å². The number of nitrogens with two attached hydrogens (primary N) is 1. The van der Waals surface area contributed by atoms with Gasteiger partial charge in [-0.1, -0.05) is 30.3 Å². The Morgan fingerprint density at radius 3 is 2.20 bits per heavy atom. The summed E-state index contributed by atoms with van der Waals surface area (Å²) in [6, 6.07) is 14.9. The van der Waals surface area contributed by atoms with E-state index < -0.39 is 15.9 Å². The molecule has 0 heterocycles. The van der Waals surface area contributed by atoms with E-state index in [2.05, 4.69) is 0 Å². The Hall–Kier alpha value is -1.85. The van der Waals surface area contributed by atoms with Gasteiger partial charge in [0.25, 0.3) is 0 Å². The maximum atomic E-state index is 12.2. The lowest BCUT2D eigenvalue weighted by atomic mass is 10.1. The van der Waals surface area contributed by atoms with Crippen molar-refractivity contribution in [2.75, 3.05) is 12.9 Å². The van der Waals surface area contributed by atoms with Gasteiger partial charge in [0.15, 0.2) is 9.84 Å². The van der Waals surface area contributed by atoms with Crippen LogP contribution in [-0.4, -0.2) is 21.3 Å². The monoisotopic (exact) mass is 291 g/mol. The summed E-state index contributed by atoms with van der Waals surface area (Å²) in [5, 5.41) is 0. The van der Waals surface area contributed by atoms with Crippen LogP contribution >= 0.6 is 0 Å². The summed E-state index contributed by atoms with van der Waals surface area (Å²) < 4.78 is 29.5. The number of methoxy groups -OCH3 is 1. The Kier molecular flexibility index (Phi) is 4.42. The molecule has 1 atom stereocenters. The Labute approximate surface area is 119 Å². The second kappa shape index (κ2) is 6.07. The van der Waals surface area contributed by atoms with E-state index in [1.165, 1.54) is 0 Å². The van der Waals surface area contributed by atoms with Gasteiger partial charge in [0.1, 0.15) is 5.75 Å². The zero-order valence-electron chi connectivity index (χ0n) is 11.2. The van der Waals surface area contributed by atoms with Crippen molar-refractivity contribution in [2.45, 2.75) is 10.9 Å². The first kappa shape index (κ1) is 14.6. The van der Waals surface area contributed by atoms with E-state index in [0.29, 0.717) is 10.6 Å². The van der Waals surface area contributed by atoms with Crippen LogP contribution in [0, 0.1) is 0 Å². The van der Waals surface area contributed by atoms with Crippen molar-refractivity contribution in [3.63, 3.8) is 0 Å². The molecule has 0 radical (unpaired) electrons. The van der Waals surface area contributed by atoms with E-state index in [9.17, 15) is 8.42 Å². The van der Waals surface area contributed by atoms with Crippen LogP contribution in [0.15, 0.2) is 59.5 Å². The zero-order valence-corrected chi connectivity index (χ0v) is 12.0. The number of rotatable bonds is 5. The molecule has 0 saturated carbocycles. The molecule has 0 aromatic heterocycles. The van der Waals surface area contributed by atoms with Crippen molar-refractivity contribution in [1.82, 2.24) is 0 Å².